The summed E-state index contributed by atoms with van der Waals surface area (Å²) in [5, 5.41) is 28.7. The third kappa shape index (κ3) is 5.19. The molecule has 74 heavy (non-hydrogen) atoms. The maximum absolute atomic E-state index is 2.59. The first kappa shape index (κ1) is 39.4. The summed E-state index contributed by atoms with van der Waals surface area (Å²) in [4.78, 5) is 0. The Morgan fingerprint density at radius 1 is 0.176 bits per heavy atom. The molecule has 0 N–H and O–H groups in total. The van der Waals surface area contributed by atoms with Gasteiger partial charge in [0.1, 0.15) is 0 Å². The van der Waals surface area contributed by atoms with E-state index in [1.807, 2.05) is 0 Å². The van der Waals surface area contributed by atoms with E-state index in [0.29, 0.717) is 0 Å². The van der Waals surface area contributed by atoms with Crippen molar-refractivity contribution in [1.82, 2.24) is 0 Å². The first-order valence-corrected chi connectivity index (χ1v) is 26.2. The molecule has 0 aliphatic carbocycles. The second-order valence-electron chi connectivity index (χ2n) is 21.4. The zero-order chi connectivity index (χ0) is 47.9. The van der Waals surface area contributed by atoms with Crippen molar-refractivity contribution >= 4 is 165 Å². The van der Waals surface area contributed by atoms with Gasteiger partial charge in [-0.05, 0) is 189 Å². The highest BCUT2D eigenvalue weighted by atomic mass is 14.3. The molecule has 0 unspecified atom stereocenters. The fourth-order valence-electron chi connectivity index (χ4n) is 14.6. The molecule has 0 nitrogen and oxygen atoms in total. The van der Waals surface area contributed by atoms with E-state index in [2.05, 4.69) is 243 Å². The molecule has 2 heteroatoms. The third-order valence-electron chi connectivity index (χ3n) is 17.8. The molecule has 2 aliphatic rings. The fourth-order valence-corrected chi connectivity index (χ4v) is 14.6. The van der Waals surface area contributed by atoms with Crippen LogP contribution in [0.4, 0.5) is 0 Å². The predicted molar refractivity (Wildman–Crippen MR) is 323 cm³/mol. The van der Waals surface area contributed by atoms with Crippen LogP contribution in [-0.4, -0.2) is 13.4 Å². The minimum atomic E-state index is -0.000585. The van der Waals surface area contributed by atoms with Gasteiger partial charge in [-0.3, -0.25) is 0 Å². The highest BCUT2D eigenvalue weighted by molar-refractivity contribution is 7.04. The standard InChI is InChI=1S/C72H40B2/c1-5-14-46-36-61-50(32-42(46)10-1)21-26-55-56-27-22-51-33-43-11-2-6-15-47(43)37-62(51)70(56)73(69(55)61)65-31-25-54-40-66(59-19-9-18-41-20-30-60(65)68(54)67(41)59)74-71-57(28-23-52-34-44-12-3-7-16-48(44)38-63(52)71)58-29-24-53-35-45-13-4-8-17-49(45)39-64(53)72(58)74/h1-40H. The molecule has 0 saturated heterocycles. The molecule has 0 atom stereocenters. The average molecular weight is 927 g/mol. The number of rotatable bonds is 2. The molecular weight excluding hydrogens is 886 g/mol. The van der Waals surface area contributed by atoms with Gasteiger partial charge >= 0.3 is 0 Å². The third-order valence-corrected chi connectivity index (χ3v) is 17.8. The first-order valence-electron chi connectivity index (χ1n) is 26.2. The van der Waals surface area contributed by atoms with Gasteiger partial charge in [-0.2, -0.15) is 0 Å². The number of hydrogen-bond acceptors (Lipinski definition) is 0. The molecular formula is C72H40B2. The van der Waals surface area contributed by atoms with E-state index < -0.39 is 0 Å². The summed E-state index contributed by atoms with van der Waals surface area (Å²) in [6.07, 6.45) is 0. The minimum Gasteiger partial charge on any atom is -0.0657 e. The number of fused-ring (bicyclic) bond motifs is 18. The van der Waals surface area contributed by atoms with Crippen molar-refractivity contribution in [3.63, 3.8) is 0 Å². The van der Waals surface area contributed by atoms with Gasteiger partial charge in [-0.15, -0.1) is 0 Å². The van der Waals surface area contributed by atoms with Crippen molar-refractivity contribution in [2.24, 2.45) is 0 Å². The van der Waals surface area contributed by atoms with Gasteiger partial charge < -0.3 is 0 Å². The molecule has 2 heterocycles. The van der Waals surface area contributed by atoms with E-state index in [9.17, 15) is 0 Å². The van der Waals surface area contributed by atoms with Gasteiger partial charge in [0.2, 0.25) is 13.4 Å². The van der Waals surface area contributed by atoms with E-state index in [1.165, 1.54) is 174 Å². The number of benzene rings is 16. The molecule has 16 aromatic rings. The maximum atomic E-state index is 2.59. The summed E-state index contributed by atoms with van der Waals surface area (Å²) in [7, 11) is 0. The average Bonchev–Trinajstić information content (AvgIpc) is 4.05. The zero-order valence-corrected chi connectivity index (χ0v) is 40.2. The Labute approximate surface area is 427 Å². The Bertz CT molecular complexity index is 4960. The van der Waals surface area contributed by atoms with Crippen LogP contribution in [0.15, 0.2) is 243 Å². The first-order chi connectivity index (χ1) is 36.7. The van der Waals surface area contributed by atoms with E-state index in [-0.39, 0.29) is 13.4 Å². The van der Waals surface area contributed by atoms with Crippen LogP contribution in [0, 0.1) is 0 Å². The highest BCUT2D eigenvalue weighted by Gasteiger charge is 2.40. The Balaban J connectivity index is 0.944. The zero-order valence-electron chi connectivity index (χ0n) is 40.2. The second kappa shape index (κ2) is 14.3. The smallest absolute Gasteiger partial charge is 0.0657 e. The lowest BCUT2D eigenvalue weighted by molar-refractivity contribution is 1.75. The summed E-state index contributed by atoms with van der Waals surface area (Å²) in [6, 6.07) is 93.6. The van der Waals surface area contributed by atoms with Crippen LogP contribution in [0.1, 0.15) is 0 Å². The molecule has 2 aliphatic heterocycles. The van der Waals surface area contributed by atoms with E-state index in [4.69, 9.17) is 0 Å². The quantitative estimate of drug-likeness (QED) is 0.0921. The summed E-state index contributed by atoms with van der Waals surface area (Å²) >= 11 is 0. The van der Waals surface area contributed by atoms with Crippen LogP contribution in [0.5, 0.6) is 0 Å². The Kier molecular flexibility index (Phi) is 7.59. The van der Waals surface area contributed by atoms with Crippen molar-refractivity contribution in [1.29, 1.82) is 0 Å². The van der Waals surface area contributed by atoms with Gasteiger partial charge in [0.05, 0.1) is 0 Å². The van der Waals surface area contributed by atoms with Gasteiger partial charge in [-0.25, -0.2) is 0 Å². The summed E-state index contributed by atoms with van der Waals surface area (Å²) in [5.74, 6) is 0. The molecule has 18 rings (SSSR count). The molecule has 16 aromatic carbocycles. The van der Waals surface area contributed by atoms with Crippen LogP contribution in [0.2, 0.25) is 0 Å². The number of hydrogen-bond donors (Lipinski definition) is 0. The van der Waals surface area contributed by atoms with E-state index >= 15 is 0 Å². The SMILES string of the molecule is c1ccc2cc3c4c(ccc3cc2c1)-c1ccc2cc3ccccc3cc2c1B4c1cc2ccc(B3c4c(ccc5cc6ccccc6cc45)-c4ccc5cc6ccccc6cc5c43)c3ccc4cccc1c4c23. The summed E-state index contributed by atoms with van der Waals surface area (Å²) < 4.78 is 0. The van der Waals surface area contributed by atoms with Crippen molar-refractivity contribution in [3.8, 4) is 22.3 Å². The van der Waals surface area contributed by atoms with Crippen molar-refractivity contribution in [2.75, 3.05) is 0 Å². The van der Waals surface area contributed by atoms with Crippen LogP contribution in [0.3, 0.4) is 0 Å². The Morgan fingerprint density at radius 3 is 0.892 bits per heavy atom. The fraction of sp³-hybridized carbons (Fsp3) is 0. The van der Waals surface area contributed by atoms with Crippen LogP contribution in [-0.2, 0) is 0 Å². The largest absolute Gasteiger partial charge is 0.245 e. The van der Waals surface area contributed by atoms with Gasteiger partial charge in [-0.1, -0.05) is 227 Å². The lowest BCUT2D eigenvalue weighted by Gasteiger charge is -2.23. The van der Waals surface area contributed by atoms with Crippen LogP contribution < -0.4 is 32.8 Å². The second-order valence-corrected chi connectivity index (χ2v) is 21.4. The normalized spacial score (nSPS) is 13.1. The van der Waals surface area contributed by atoms with Gasteiger partial charge in [0.25, 0.3) is 0 Å². The summed E-state index contributed by atoms with van der Waals surface area (Å²) in [5.41, 5.74) is 13.8. The van der Waals surface area contributed by atoms with Gasteiger partial charge in [0, 0.05) is 0 Å². The van der Waals surface area contributed by atoms with Crippen molar-refractivity contribution < 1.29 is 0 Å². The molecule has 0 radical (unpaired) electrons. The molecule has 0 amide bonds. The highest BCUT2D eigenvalue weighted by Crippen LogP contribution is 2.40. The van der Waals surface area contributed by atoms with Crippen LogP contribution >= 0.6 is 0 Å². The van der Waals surface area contributed by atoms with Crippen molar-refractivity contribution in [2.45, 2.75) is 0 Å². The van der Waals surface area contributed by atoms with Gasteiger partial charge in [0.15, 0.2) is 0 Å². The minimum absolute atomic E-state index is 0.000585. The molecule has 0 fully saturated rings. The van der Waals surface area contributed by atoms with Crippen molar-refractivity contribution in [3.05, 3.63) is 243 Å². The summed E-state index contributed by atoms with van der Waals surface area (Å²) in [6.45, 7) is 0.00842. The predicted octanol–water partition coefficient (Wildman–Crippen LogP) is 14.8. The Morgan fingerprint density at radius 2 is 0.486 bits per heavy atom. The monoisotopic (exact) mass is 926 g/mol. The molecule has 0 saturated carbocycles. The maximum Gasteiger partial charge on any atom is 0.245 e. The topological polar surface area (TPSA) is 0 Å². The Hall–Kier alpha value is -9.23. The molecule has 334 valence electrons. The lowest BCUT2D eigenvalue weighted by atomic mass is 9.36. The lowest BCUT2D eigenvalue weighted by Crippen LogP contribution is -2.50. The molecule has 0 spiro atoms. The molecule has 0 bridgehead atoms. The molecule has 0 aromatic heterocycles. The van der Waals surface area contributed by atoms with Crippen LogP contribution in [0.25, 0.3) is 141 Å². The van der Waals surface area contributed by atoms with E-state index in [1.54, 1.807) is 0 Å². The van der Waals surface area contributed by atoms with E-state index in [0.717, 1.165) is 0 Å².